The zero-order chi connectivity index (χ0) is 23.5. The molecule has 0 aliphatic heterocycles. The zero-order valence-electron chi connectivity index (χ0n) is 18.5. The van der Waals surface area contributed by atoms with Crippen LogP contribution in [0.25, 0.3) is 10.8 Å². The highest BCUT2D eigenvalue weighted by atomic mass is 35.5. The third-order valence-corrected chi connectivity index (χ3v) is 6.63. The number of hydrogen-bond acceptors (Lipinski definition) is 4. The van der Waals surface area contributed by atoms with Gasteiger partial charge in [0.25, 0.3) is 5.91 Å². The molecule has 0 saturated carbocycles. The van der Waals surface area contributed by atoms with Crippen molar-refractivity contribution in [2.24, 2.45) is 0 Å². The Morgan fingerprint density at radius 3 is 2.74 bits per heavy atom. The molecule has 0 aliphatic rings. The monoisotopic (exact) mass is 487 g/mol. The van der Waals surface area contributed by atoms with E-state index in [0.29, 0.717) is 28.9 Å². The van der Waals surface area contributed by atoms with Gasteiger partial charge in [0, 0.05) is 11.8 Å². The van der Waals surface area contributed by atoms with Crippen molar-refractivity contribution < 1.29 is 9.53 Å². The Morgan fingerprint density at radius 2 is 1.88 bits per heavy atom. The molecule has 2 heterocycles. The minimum atomic E-state index is -0.246. The second kappa shape index (κ2) is 9.71. The van der Waals surface area contributed by atoms with Crippen LogP contribution in [0, 0.1) is 6.92 Å². The number of carbonyl (C=O) groups excluding carboxylic acids is 1. The van der Waals surface area contributed by atoms with Gasteiger partial charge in [0.2, 0.25) is 0 Å². The number of ether oxygens (including phenoxy) is 1. The molecule has 1 amide bonds. The lowest BCUT2D eigenvalue weighted by Gasteiger charge is -2.06. The first kappa shape index (κ1) is 22.2. The van der Waals surface area contributed by atoms with Crippen molar-refractivity contribution >= 4 is 45.4 Å². The molecule has 5 nitrogen and oxygen atoms in total. The van der Waals surface area contributed by atoms with E-state index in [1.54, 1.807) is 10.9 Å². The molecule has 34 heavy (non-hydrogen) atoms. The number of benzene rings is 3. The van der Waals surface area contributed by atoms with Gasteiger partial charge in [-0.15, -0.1) is 11.3 Å². The van der Waals surface area contributed by atoms with Crippen molar-refractivity contribution in [3.8, 4) is 5.75 Å². The fourth-order valence-corrected chi connectivity index (χ4v) is 4.71. The Balaban J connectivity index is 1.21. The molecule has 5 rings (SSSR count). The smallest absolute Gasteiger partial charge is 0.266 e. The highest BCUT2D eigenvalue weighted by Crippen LogP contribution is 2.25. The SMILES string of the molecule is Cc1cccc(Cn2cc(Cl)c(NC(=O)c3cc(COc4ccc5ccccc5c4)cs3)n2)c1. The van der Waals surface area contributed by atoms with E-state index in [2.05, 4.69) is 28.6 Å². The van der Waals surface area contributed by atoms with Gasteiger partial charge < -0.3 is 10.1 Å². The Hall–Kier alpha value is -3.61. The number of fused-ring (bicyclic) bond motifs is 1. The van der Waals surface area contributed by atoms with Crippen molar-refractivity contribution in [1.82, 2.24) is 9.78 Å². The summed E-state index contributed by atoms with van der Waals surface area (Å²) in [5, 5.41) is 11.9. The van der Waals surface area contributed by atoms with E-state index in [9.17, 15) is 4.79 Å². The number of rotatable bonds is 7. The van der Waals surface area contributed by atoms with Gasteiger partial charge in [0.05, 0.1) is 11.4 Å². The molecule has 170 valence electrons. The van der Waals surface area contributed by atoms with Gasteiger partial charge in [-0.05, 0) is 46.8 Å². The van der Waals surface area contributed by atoms with Gasteiger partial charge in [-0.25, -0.2) is 0 Å². The van der Waals surface area contributed by atoms with Crippen molar-refractivity contribution in [2.75, 3.05) is 5.32 Å². The van der Waals surface area contributed by atoms with Crippen molar-refractivity contribution in [1.29, 1.82) is 0 Å². The van der Waals surface area contributed by atoms with Gasteiger partial charge in [-0.1, -0.05) is 71.8 Å². The number of hydrogen-bond donors (Lipinski definition) is 1. The normalized spacial score (nSPS) is 11.0. The lowest BCUT2D eigenvalue weighted by atomic mass is 10.1. The lowest BCUT2D eigenvalue weighted by Crippen LogP contribution is -2.11. The molecule has 0 radical (unpaired) electrons. The Morgan fingerprint density at radius 1 is 1.03 bits per heavy atom. The summed E-state index contributed by atoms with van der Waals surface area (Å²) in [6.45, 7) is 3.01. The molecule has 0 spiro atoms. The van der Waals surface area contributed by atoms with Crippen molar-refractivity contribution in [3.05, 3.63) is 111 Å². The number of carbonyl (C=O) groups is 1. The number of anilines is 1. The fraction of sp³-hybridized carbons (Fsp3) is 0.111. The largest absolute Gasteiger partial charge is 0.489 e. The van der Waals surface area contributed by atoms with E-state index < -0.39 is 0 Å². The molecule has 2 aromatic heterocycles. The van der Waals surface area contributed by atoms with E-state index in [1.165, 1.54) is 22.3 Å². The fourth-order valence-electron chi connectivity index (χ4n) is 3.72. The number of nitrogens with one attached hydrogen (secondary N) is 1. The summed E-state index contributed by atoms with van der Waals surface area (Å²) in [7, 11) is 0. The van der Waals surface area contributed by atoms with Crippen LogP contribution in [0.1, 0.15) is 26.4 Å². The van der Waals surface area contributed by atoms with E-state index in [-0.39, 0.29) is 5.91 Å². The van der Waals surface area contributed by atoms with Crippen LogP contribution in [-0.4, -0.2) is 15.7 Å². The average Bonchev–Trinajstić information content (AvgIpc) is 3.44. The van der Waals surface area contributed by atoms with Gasteiger partial charge >= 0.3 is 0 Å². The molecule has 0 aliphatic carbocycles. The second-order valence-electron chi connectivity index (χ2n) is 8.08. The molecule has 0 bridgehead atoms. The number of thiophene rings is 1. The topological polar surface area (TPSA) is 56.2 Å². The zero-order valence-corrected chi connectivity index (χ0v) is 20.1. The van der Waals surface area contributed by atoms with Gasteiger partial charge in [0.15, 0.2) is 5.82 Å². The number of amides is 1. The third kappa shape index (κ3) is 5.14. The minimum absolute atomic E-state index is 0.246. The van der Waals surface area contributed by atoms with Gasteiger partial charge in [-0.2, -0.15) is 5.10 Å². The Kier molecular flexibility index (Phi) is 6.34. The number of aromatic nitrogens is 2. The van der Waals surface area contributed by atoms with E-state index in [1.807, 2.05) is 66.9 Å². The molecule has 0 atom stereocenters. The lowest BCUT2D eigenvalue weighted by molar-refractivity contribution is 0.103. The van der Waals surface area contributed by atoms with Crippen LogP contribution in [0.5, 0.6) is 5.75 Å². The molecular weight excluding hydrogens is 466 g/mol. The van der Waals surface area contributed by atoms with Crippen LogP contribution in [0.15, 0.2) is 84.4 Å². The van der Waals surface area contributed by atoms with Gasteiger partial charge in [0.1, 0.15) is 17.4 Å². The molecular formula is C27H22ClN3O2S. The molecule has 1 N–H and O–H groups in total. The van der Waals surface area contributed by atoms with E-state index >= 15 is 0 Å². The maximum atomic E-state index is 12.8. The first-order valence-electron chi connectivity index (χ1n) is 10.8. The maximum absolute atomic E-state index is 12.8. The van der Waals surface area contributed by atoms with Crippen LogP contribution >= 0.6 is 22.9 Å². The van der Waals surface area contributed by atoms with Crippen molar-refractivity contribution in [2.45, 2.75) is 20.1 Å². The highest BCUT2D eigenvalue weighted by Gasteiger charge is 2.15. The Labute approximate surface area is 206 Å². The molecule has 5 aromatic rings. The summed E-state index contributed by atoms with van der Waals surface area (Å²) in [4.78, 5) is 13.3. The summed E-state index contributed by atoms with van der Waals surface area (Å²) in [5.41, 5.74) is 3.23. The van der Waals surface area contributed by atoms with Crippen LogP contribution < -0.4 is 10.1 Å². The van der Waals surface area contributed by atoms with Gasteiger partial charge in [-0.3, -0.25) is 9.48 Å². The van der Waals surface area contributed by atoms with E-state index in [0.717, 1.165) is 22.3 Å². The minimum Gasteiger partial charge on any atom is -0.489 e. The maximum Gasteiger partial charge on any atom is 0.266 e. The molecule has 0 saturated heterocycles. The summed E-state index contributed by atoms with van der Waals surface area (Å²) in [6, 6.07) is 24.2. The van der Waals surface area contributed by atoms with Crippen LogP contribution in [-0.2, 0) is 13.2 Å². The summed E-state index contributed by atoms with van der Waals surface area (Å²) in [6.07, 6.45) is 1.72. The quantitative estimate of drug-likeness (QED) is 0.270. The molecule has 0 unspecified atom stereocenters. The predicted octanol–water partition coefficient (Wildman–Crippen LogP) is 6.94. The molecule has 7 heteroatoms. The predicted molar refractivity (Wildman–Crippen MR) is 138 cm³/mol. The molecule has 0 fully saturated rings. The summed E-state index contributed by atoms with van der Waals surface area (Å²) in [5.74, 6) is 0.896. The standard InChI is InChI=1S/C27H22ClN3O2S/c1-18-5-4-6-19(11-18)14-31-15-24(28)26(30-31)29-27(32)25-12-20(17-34-25)16-33-23-10-9-21-7-2-3-8-22(21)13-23/h2-13,15,17H,14,16H2,1H3,(H,29,30,32). The second-order valence-corrected chi connectivity index (χ2v) is 9.40. The molecule has 3 aromatic carbocycles. The first-order valence-corrected chi connectivity index (χ1v) is 12.1. The van der Waals surface area contributed by atoms with Crippen molar-refractivity contribution in [3.63, 3.8) is 0 Å². The summed E-state index contributed by atoms with van der Waals surface area (Å²) < 4.78 is 7.66. The number of nitrogens with zero attached hydrogens (tertiary/aromatic N) is 2. The highest BCUT2D eigenvalue weighted by molar-refractivity contribution is 7.12. The third-order valence-electron chi connectivity index (χ3n) is 5.38. The average molecular weight is 488 g/mol. The Bertz CT molecular complexity index is 1470. The van der Waals surface area contributed by atoms with Crippen LogP contribution in [0.4, 0.5) is 5.82 Å². The van der Waals surface area contributed by atoms with Crippen LogP contribution in [0.2, 0.25) is 5.02 Å². The number of halogens is 1. The summed E-state index contributed by atoms with van der Waals surface area (Å²) >= 11 is 7.69. The van der Waals surface area contributed by atoms with Crippen LogP contribution in [0.3, 0.4) is 0 Å². The first-order chi connectivity index (χ1) is 16.5. The van der Waals surface area contributed by atoms with E-state index in [4.69, 9.17) is 16.3 Å². The number of aryl methyl sites for hydroxylation is 1.